The Balaban J connectivity index is 2.43. The van der Waals surface area contributed by atoms with Gasteiger partial charge in [0.15, 0.2) is 5.75 Å². The first kappa shape index (κ1) is 16.8. The van der Waals surface area contributed by atoms with Crippen molar-refractivity contribution in [3.05, 3.63) is 57.6 Å². The highest BCUT2D eigenvalue weighted by molar-refractivity contribution is 7.92. The summed E-state index contributed by atoms with van der Waals surface area (Å²) in [4.78, 5) is 10.5. The summed E-state index contributed by atoms with van der Waals surface area (Å²) < 4.78 is 32.2. The van der Waals surface area contributed by atoms with Gasteiger partial charge in [0.1, 0.15) is 0 Å². The lowest BCUT2D eigenvalue weighted by Gasteiger charge is -2.12. The Kier molecular flexibility index (Phi) is 4.55. The predicted octanol–water partition coefficient (Wildman–Crippen LogP) is 3.02. The third kappa shape index (κ3) is 3.59. The lowest BCUT2D eigenvalue weighted by atomic mass is 10.1. The van der Waals surface area contributed by atoms with Gasteiger partial charge in [0, 0.05) is 12.1 Å². The van der Waals surface area contributed by atoms with E-state index >= 15 is 0 Å². The molecule has 8 heteroatoms. The van der Waals surface area contributed by atoms with Crippen LogP contribution in [0.3, 0.4) is 0 Å². The molecule has 0 aliphatic heterocycles. The van der Waals surface area contributed by atoms with Crippen LogP contribution in [0.1, 0.15) is 11.1 Å². The van der Waals surface area contributed by atoms with Gasteiger partial charge >= 0.3 is 5.69 Å². The molecule has 0 spiro atoms. The van der Waals surface area contributed by atoms with Crippen LogP contribution in [0.4, 0.5) is 11.4 Å². The first-order valence-electron chi connectivity index (χ1n) is 6.67. The van der Waals surface area contributed by atoms with Crippen LogP contribution in [-0.2, 0) is 10.0 Å². The minimum Gasteiger partial charge on any atom is -0.490 e. The quantitative estimate of drug-likeness (QED) is 0.668. The smallest absolute Gasteiger partial charge is 0.311 e. The molecule has 0 atom stereocenters. The van der Waals surface area contributed by atoms with E-state index in [2.05, 4.69) is 4.72 Å². The zero-order valence-electron chi connectivity index (χ0n) is 12.9. The maximum Gasteiger partial charge on any atom is 0.311 e. The first-order valence-corrected chi connectivity index (χ1v) is 8.15. The molecule has 0 saturated carbocycles. The lowest BCUT2D eigenvalue weighted by molar-refractivity contribution is -0.385. The molecule has 0 radical (unpaired) electrons. The van der Waals surface area contributed by atoms with Gasteiger partial charge in [-0.15, -0.1) is 0 Å². The SMILES string of the molecule is COc1cc(NS(=O)(=O)c2ccc(C)cc2)c(C)cc1[N+](=O)[O-]. The van der Waals surface area contributed by atoms with Crippen LogP contribution in [0, 0.1) is 24.0 Å². The Morgan fingerprint density at radius 3 is 2.26 bits per heavy atom. The summed E-state index contributed by atoms with van der Waals surface area (Å²) in [5.41, 5.74) is 1.38. The Bertz CT molecular complexity index is 845. The van der Waals surface area contributed by atoms with Gasteiger partial charge in [-0.3, -0.25) is 14.8 Å². The largest absolute Gasteiger partial charge is 0.490 e. The molecule has 0 bridgehead atoms. The van der Waals surface area contributed by atoms with E-state index < -0.39 is 14.9 Å². The summed E-state index contributed by atoms with van der Waals surface area (Å²) in [5.74, 6) is -0.0118. The number of anilines is 1. The maximum absolute atomic E-state index is 12.4. The van der Waals surface area contributed by atoms with Crippen LogP contribution >= 0.6 is 0 Å². The van der Waals surface area contributed by atoms with Gasteiger partial charge in [-0.1, -0.05) is 17.7 Å². The van der Waals surface area contributed by atoms with Crippen molar-refractivity contribution in [1.82, 2.24) is 0 Å². The Morgan fingerprint density at radius 2 is 1.74 bits per heavy atom. The molecule has 0 saturated heterocycles. The molecule has 23 heavy (non-hydrogen) atoms. The van der Waals surface area contributed by atoms with Crippen LogP contribution in [0.5, 0.6) is 5.75 Å². The highest BCUT2D eigenvalue weighted by Crippen LogP contribution is 2.33. The van der Waals surface area contributed by atoms with Crippen molar-refractivity contribution >= 4 is 21.4 Å². The molecule has 0 aliphatic carbocycles. The Hall–Kier alpha value is -2.61. The van der Waals surface area contributed by atoms with Crippen molar-refractivity contribution in [2.24, 2.45) is 0 Å². The number of nitrogens with zero attached hydrogens (tertiary/aromatic N) is 1. The van der Waals surface area contributed by atoms with Gasteiger partial charge in [-0.25, -0.2) is 8.42 Å². The maximum atomic E-state index is 12.4. The molecule has 0 heterocycles. The number of nitro benzene ring substituents is 1. The van der Waals surface area contributed by atoms with Gasteiger partial charge in [0.25, 0.3) is 10.0 Å². The van der Waals surface area contributed by atoms with Crippen LogP contribution < -0.4 is 9.46 Å². The molecule has 7 nitrogen and oxygen atoms in total. The van der Waals surface area contributed by atoms with Gasteiger partial charge < -0.3 is 4.74 Å². The number of nitro groups is 1. The first-order chi connectivity index (χ1) is 10.7. The van der Waals surface area contributed by atoms with Crippen molar-refractivity contribution in [2.75, 3.05) is 11.8 Å². The molecular weight excluding hydrogens is 320 g/mol. The average molecular weight is 336 g/mol. The number of rotatable bonds is 5. The van der Waals surface area contributed by atoms with E-state index in [0.717, 1.165) is 5.56 Å². The standard InChI is InChI=1S/C15H16N2O5S/c1-10-4-6-12(7-5-10)23(20,21)16-13-9-15(22-3)14(17(18)19)8-11(13)2/h4-9,16H,1-3H3. The summed E-state index contributed by atoms with van der Waals surface area (Å²) in [6, 6.07) is 8.95. The van der Waals surface area contributed by atoms with E-state index in [1.165, 1.54) is 31.4 Å². The minimum absolute atomic E-state index is 0.0118. The fraction of sp³-hybridized carbons (Fsp3) is 0.200. The normalized spacial score (nSPS) is 11.1. The van der Waals surface area contributed by atoms with E-state index in [-0.39, 0.29) is 22.0 Å². The molecule has 0 fully saturated rings. The van der Waals surface area contributed by atoms with E-state index in [4.69, 9.17) is 4.74 Å². The summed E-state index contributed by atoms with van der Waals surface area (Å²) in [6.07, 6.45) is 0. The highest BCUT2D eigenvalue weighted by Gasteiger charge is 2.21. The zero-order chi connectivity index (χ0) is 17.2. The predicted molar refractivity (Wildman–Crippen MR) is 86.4 cm³/mol. The van der Waals surface area contributed by atoms with Crippen molar-refractivity contribution in [3.8, 4) is 5.75 Å². The molecule has 1 N–H and O–H groups in total. The summed E-state index contributed by atoms with van der Waals surface area (Å²) in [6.45, 7) is 3.44. The highest BCUT2D eigenvalue weighted by atomic mass is 32.2. The summed E-state index contributed by atoms with van der Waals surface area (Å²) >= 11 is 0. The van der Waals surface area contributed by atoms with Crippen molar-refractivity contribution in [3.63, 3.8) is 0 Å². The monoisotopic (exact) mass is 336 g/mol. The fourth-order valence-electron chi connectivity index (χ4n) is 2.01. The van der Waals surface area contributed by atoms with E-state index in [1.807, 2.05) is 6.92 Å². The van der Waals surface area contributed by atoms with Crippen LogP contribution in [-0.4, -0.2) is 20.5 Å². The summed E-state index contributed by atoms with van der Waals surface area (Å²) in [7, 11) is -2.50. The molecular formula is C15H16N2O5S. The average Bonchev–Trinajstić information content (AvgIpc) is 2.49. The molecule has 0 aliphatic rings. The second-order valence-electron chi connectivity index (χ2n) is 5.01. The van der Waals surface area contributed by atoms with Crippen molar-refractivity contribution in [2.45, 2.75) is 18.7 Å². The van der Waals surface area contributed by atoms with Crippen molar-refractivity contribution < 1.29 is 18.1 Å². The molecule has 0 amide bonds. The number of benzene rings is 2. The number of methoxy groups -OCH3 is 1. The third-order valence-corrected chi connectivity index (χ3v) is 4.68. The molecule has 122 valence electrons. The molecule has 2 aromatic carbocycles. The molecule has 0 aromatic heterocycles. The second-order valence-corrected chi connectivity index (χ2v) is 6.70. The van der Waals surface area contributed by atoms with Crippen LogP contribution in [0.15, 0.2) is 41.3 Å². The second kappa shape index (κ2) is 6.25. The molecule has 0 unspecified atom stereocenters. The summed E-state index contributed by atoms with van der Waals surface area (Å²) in [5, 5.41) is 11.0. The molecule has 2 aromatic rings. The number of hydrogen-bond donors (Lipinski definition) is 1. The fourth-order valence-corrected chi connectivity index (χ4v) is 3.13. The number of nitrogens with one attached hydrogen (secondary N) is 1. The number of aryl methyl sites for hydroxylation is 2. The topological polar surface area (TPSA) is 98.5 Å². The van der Waals surface area contributed by atoms with Gasteiger partial charge in [0.05, 0.1) is 22.6 Å². The Morgan fingerprint density at radius 1 is 1.13 bits per heavy atom. The number of ether oxygens (including phenoxy) is 1. The molecule has 2 rings (SSSR count). The number of sulfonamides is 1. The van der Waals surface area contributed by atoms with Gasteiger partial charge in [-0.05, 0) is 31.5 Å². The van der Waals surface area contributed by atoms with Gasteiger partial charge in [-0.2, -0.15) is 0 Å². The lowest BCUT2D eigenvalue weighted by Crippen LogP contribution is -2.14. The third-order valence-electron chi connectivity index (χ3n) is 3.30. The number of hydrogen-bond acceptors (Lipinski definition) is 5. The van der Waals surface area contributed by atoms with Crippen LogP contribution in [0.2, 0.25) is 0 Å². The van der Waals surface area contributed by atoms with E-state index in [0.29, 0.717) is 5.56 Å². The van der Waals surface area contributed by atoms with E-state index in [9.17, 15) is 18.5 Å². The van der Waals surface area contributed by atoms with Gasteiger partial charge in [0.2, 0.25) is 0 Å². The minimum atomic E-state index is -3.79. The van der Waals surface area contributed by atoms with E-state index in [1.54, 1.807) is 19.1 Å². The Labute approximate surface area is 134 Å². The zero-order valence-corrected chi connectivity index (χ0v) is 13.7. The van der Waals surface area contributed by atoms with Crippen molar-refractivity contribution in [1.29, 1.82) is 0 Å². The van der Waals surface area contributed by atoms with Crippen LogP contribution in [0.25, 0.3) is 0 Å².